The number of aromatic hydroxyl groups is 1. The van der Waals surface area contributed by atoms with Gasteiger partial charge >= 0.3 is 5.97 Å². The molecule has 0 spiro atoms. The molecule has 0 saturated carbocycles. The van der Waals surface area contributed by atoms with Crippen molar-refractivity contribution in [3.63, 3.8) is 0 Å². The number of hydrogen-bond acceptors (Lipinski definition) is 16. The normalized spacial score (nSPS) is 16.3. The summed E-state index contributed by atoms with van der Waals surface area (Å²) in [5, 5.41) is 46.0. The van der Waals surface area contributed by atoms with E-state index < -0.39 is 176 Å². The molecule has 75 heavy (non-hydrogen) atoms. The molecule has 0 unspecified atom stereocenters. The minimum Gasteiger partial charge on any atom is -0.508 e. The number of nitrogens with one attached hydrogen (secondary N) is 7. The quantitative estimate of drug-likeness (QED) is 0.0319. The van der Waals surface area contributed by atoms with E-state index in [-0.39, 0.29) is 50.3 Å². The van der Waals surface area contributed by atoms with E-state index in [0.29, 0.717) is 5.56 Å². The highest BCUT2D eigenvalue weighted by molar-refractivity contribution is 5.99. The number of phenolic OH excluding ortho intramolecular Hbond substituents is 1. The maximum absolute atomic E-state index is 14.6. The van der Waals surface area contributed by atoms with Crippen molar-refractivity contribution in [2.75, 3.05) is 13.2 Å². The molecule has 1 fully saturated rings. The first-order chi connectivity index (χ1) is 35.1. The standard InChI is InChI=1S/C46H71N13O16/c1-21(2)36(51)43(71)57-30(20-60)41(69)52-25(11-14-32(47)62)38(66)55-28(19-35(50)65)40(68)56-29(18-23-7-9-24(61)10-8-23)45(73)59-17-5-6-31(59)42(70)53-26(12-15-33(48)63)39(67)58-37(22(3)4)44(72)54-27(46(74)75)13-16-34(49)64/h7-10,21-22,25-31,36-37,60-61H,5-6,11-20,51H2,1-4H3,(H2,47,62)(H2,48,63)(H2,49,64)(H2,50,65)(H,52,69)(H,53,70)(H,54,72)(H,55,66)(H,56,68)(H,57,71)(H,58,67)(H,74,75)/t25-,26-,27-,28-,29-,30-,31-,36-,37-/m0/s1. The van der Waals surface area contributed by atoms with Crippen molar-refractivity contribution in [3.8, 4) is 5.75 Å². The van der Waals surface area contributed by atoms with Crippen LogP contribution in [-0.2, 0) is 68.7 Å². The third kappa shape index (κ3) is 21.2. The second-order valence-corrected chi connectivity index (χ2v) is 18.6. The van der Waals surface area contributed by atoms with Crippen molar-refractivity contribution in [1.82, 2.24) is 42.1 Å². The van der Waals surface area contributed by atoms with Crippen molar-refractivity contribution in [1.29, 1.82) is 0 Å². The lowest BCUT2D eigenvalue weighted by atomic mass is 10.0. The number of benzene rings is 1. The molecular formula is C46H71N13O16. The molecule has 1 aromatic rings. The summed E-state index contributed by atoms with van der Waals surface area (Å²) in [4.78, 5) is 170. The van der Waals surface area contributed by atoms with E-state index in [1.165, 1.54) is 38.1 Å². The Hall–Kier alpha value is -7.95. The van der Waals surface area contributed by atoms with E-state index in [1.807, 2.05) is 0 Å². The third-order valence-corrected chi connectivity index (χ3v) is 11.9. The monoisotopic (exact) mass is 1060 g/mol. The van der Waals surface area contributed by atoms with Gasteiger partial charge in [0.1, 0.15) is 54.1 Å². The largest absolute Gasteiger partial charge is 0.508 e. The number of likely N-dealkylation sites (tertiary alicyclic amines) is 1. The summed E-state index contributed by atoms with van der Waals surface area (Å²) in [6, 6.07) is -8.38. The van der Waals surface area contributed by atoms with Crippen molar-refractivity contribution < 1.29 is 77.6 Å². The molecule has 20 N–H and O–H groups in total. The van der Waals surface area contributed by atoms with Crippen LogP contribution in [0.2, 0.25) is 0 Å². The van der Waals surface area contributed by atoms with Crippen LogP contribution in [0.3, 0.4) is 0 Å². The topological polar surface area (TPSA) is 500 Å². The lowest BCUT2D eigenvalue weighted by molar-refractivity contribution is -0.143. The molecule has 0 aliphatic carbocycles. The molecule has 2 rings (SSSR count). The van der Waals surface area contributed by atoms with E-state index in [0.717, 1.165) is 4.90 Å². The summed E-state index contributed by atoms with van der Waals surface area (Å²) in [6.45, 7) is 5.26. The number of nitrogens with zero attached hydrogens (tertiary/aromatic N) is 1. The first-order valence-corrected chi connectivity index (χ1v) is 24.0. The van der Waals surface area contributed by atoms with Gasteiger partial charge in [0, 0.05) is 32.2 Å². The van der Waals surface area contributed by atoms with Crippen LogP contribution in [0, 0.1) is 11.8 Å². The van der Waals surface area contributed by atoms with Gasteiger partial charge in [0.2, 0.25) is 70.9 Å². The van der Waals surface area contributed by atoms with Crippen LogP contribution >= 0.6 is 0 Å². The van der Waals surface area contributed by atoms with Crippen molar-refractivity contribution >= 4 is 76.9 Å². The fraction of sp³-hybridized carbons (Fsp3) is 0.587. The van der Waals surface area contributed by atoms with Gasteiger partial charge in [0.25, 0.3) is 0 Å². The average molecular weight is 1060 g/mol. The Morgan fingerprint density at radius 3 is 1.52 bits per heavy atom. The molecular weight excluding hydrogens is 991 g/mol. The highest BCUT2D eigenvalue weighted by atomic mass is 16.4. The molecule has 29 heteroatoms. The van der Waals surface area contributed by atoms with Gasteiger partial charge in [-0.2, -0.15) is 0 Å². The molecule has 9 atom stereocenters. The van der Waals surface area contributed by atoms with E-state index in [1.54, 1.807) is 13.8 Å². The fourth-order valence-electron chi connectivity index (χ4n) is 7.54. The third-order valence-electron chi connectivity index (χ3n) is 11.9. The SMILES string of the molecule is CC(C)[C@H](N)C(=O)N[C@@H](CO)C(=O)N[C@@H](CCC(N)=O)C(=O)N[C@@H](CC(N)=O)C(=O)N[C@@H](Cc1ccc(O)cc1)C(=O)N1CCC[C@H]1C(=O)N[C@@H](CCC(N)=O)C(=O)N[C@H](C(=O)N[C@@H](CCC(N)=O)C(=O)O)C(C)C. The van der Waals surface area contributed by atoms with Gasteiger partial charge in [0.05, 0.1) is 19.1 Å². The Kier molecular flexibility index (Phi) is 25.5. The van der Waals surface area contributed by atoms with Gasteiger partial charge in [-0.05, 0) is 61.6 Å². The molecule has 1 aliphatic heterocycles. The molecule has 0 bridgehead atoms. The molecule has 0 aromatic heterocycles. The lowest BCUT2D eigenvalue weighted by Crippen LogP contribution is -2.61. The number of rotatable bonds is 32. The van der Waals surface area contributed by atoms with Gasteiger partial charge in [-0.1, -0.05) is 39.8 Å². The predicted molar refractivity (Wildman–Crippen MR) is 262 cm³/mol. The Bertz CT molecular complexity index is 2260. The summed E-state index contributed by atoms with van der Waals surface area (Å²) < 4.78 is 0. The van der Waals surface area contributed by atoms with E-state index >= 15 is 0 Å². The Morgan fingerprint density at radius 1 is 0.573 bits per heavy atom. The Balaban J connectivity index is 2.48. The summed E-state index contributed by atoms with van der Waals surface area (Å²) in [5.41, 5.74) is 27.5. The number of carboxylic acid groups (broad SMARTS) is 1. The van der Waals surface area contributed by atoms with Crippen molar-refractivity contribution in [2.24, 2.45) is 40.5 Å². The Morgan fingerprint density at radius 2 is 1.03 bits per heavy atom. The van der Waals surface area contributed by atoms with Crippen molar-refractivity contribution in [2.45, 2.75) is 146 Å². The van der Waals surface area contributed by atoms with Gasteiger partial charge < -0.3 is 86.1 Å². The maximum atomic E-state index is 14.6. The molecule has 1 heterocycles. The number of primary amides is 4. The number of carbonyl (C=O) groups is 13. The summed E-state index contributed by atoms with van der Waals surface area (Å²) in [5.74, 6) is -14.5. The Labute approximate surface area is 431 Å². The van der Waals surface area contributed by atoms with Crippen molar-refractivity contribution in [3.05, 3.63) is 29.8 Å². The fourth-order valence-corrected chi connectivity index (χ4v) is 7.54. The number of carbonyl (C=O) groups excluding carboxylic acids is 12. The number of nitrogens with two attached hydrogens (primary N) is 5. The van der Waals surface area contributed by atoms with Crippen LogP contribution in [0.1, 0.15) is 91.0 Å². The zero-order chi connectivity index (χ0) is 56.9. The highest BCUT2D eigenvalue weighted by Gasteiger charge is 2.41. The maximum Gasteiger partial charge on any atom is 0.326 e. The highest BCUT2D eigenvalue weighted by Crippen LogP contribution is 2.22. The molecule has 416 valence electrons. The zero-order valence-electron chi connectivity index (χ0n) is 42.1. The van der Waals surface area contributed by atoms with E-state index in [4.69, 9.17) is 28.7 Å². The van der Waals surface area contributed by atoms with Gasteiger partial charge in [-0.3, -0.25) is 57.5 Å². The van der Waals surface area contributed by atoms with Crippen LogP contribution in [0.5, 0.6) is 5.75 Å². The van der Waals surface area contributed by atoms with Crippen LogP contribution in [0.4, 0.5) is 0 Å². The summed E-state index contributed by atoms with van der Waals surface area (Å²) >= 11 is 0. The van der Waals surface area contributed by atoms with Gasteiger partial charge in [0.15, 0.2) is 0 Å². The van der Waals surface area contributed by atoms with Crippen LogP contribution in [0.15, 0.2) is 24.3 Å². The first-order valence-electron chi connectivity index (χ1n) is 24.0. The van der Waals surface area contributed by atoms with Gasteiger partial charge in [-0.25, -0.2) is 4.79 Å². The first kappa shape index (κ1) is 63.2. The number of aliphatic hydroxyl groups is 1. The lowest BCUT2D eigenvalue weighted by Gasteiger charge is -2.31. The number of amides is 12. The minimum absolute atomic E-state index is 0.00459. The van der Waals surface area contributed by atoms with Crippen LogP contribution in [0.25, 0.3) is 0 Å². The second-order valence-electron chi connectivity index (χ2n) is 18.6. The minimum atomic E-state index is -1.88. The predicted octanol–water partition coefficient (Wildman–Crippen LogP) is -6.29. The number of phenols is 1. The van der Waals surface area contributed by atoms with Gasteiger partial charge in [-0.15, -0.1) is 0 Å². The van der Waals surface area contributed by atoms with E-state index in [2.05, 4.69) is 37.2 Å². The molecule has 29 nitrogen and oxygen atoms in total. The number of hydrogen-bond donors (Lipinski definition) is 15. The number of carboxylic acids is 1. The zero-order valence-corrected chi connectivity index (χ0v) is 42.1. The molecule has 1 aliphatic rings. The number of aliphatic hydroxyl groups excluding tert-OH is 1. The van der Waals surface area contributed by atoms with Crippen LogP contribution in [-0.4, -0.2) is 165 Å². The average Bonchev–Trinajstić information content (AvgIpc) is 3.83. The molecule has 12 amide bonds. The molecule has 0 radical (unpaired) electrons. The smallest absolute Gasteiger partial charge is 0.326 e. The van der Waals surface area contributed by atoms with Crippen LogP contribution < -0.4 is 65.9 Å². The summed E-state index contributed by atoms with van der Waals surface area (Å²) in [6.07, 6.45) is -3.59. The molecule has 1 saturated heterocycles. The molecule has 1 aromatic carbocycles. The summed E-state index contributed by atoms with van der Waals surface area (Å²) in [7, 11) is 0. The number of aliphatic carboxylic acids is 1. The second kappa shape index (κ2) is 30.3. The van der Waals surface area contributed by atoms with E-state index in [9.17, 15) is 77.6 Å².